The molecule has 6 heteroatoms. The Bertz CT molecular complexity index is 358. The van der Waals surface area contributed by atoms with E-state index in [-0.39, 0.29) is 11.3 Å². The highest BCUT2D eigenvalue weighted by molar-refractivity contribution is 7.90. The highest BCUT2D eigenvalue weighted by Crippen LogP contribution is 2.28. The molecule has 2 heterocycles. The standard InChI is InChI=1S/C11H23N3O2S/c1-9(8-12-2)17(15,16)13-10-5-7-14-6-3-4-11(10)14/h9-13H,3-8H2,1-2H3. The van der Waals surface area contributed by atoms with Gasteiger partial charge in [0.1, 0.15) is 0 Å². The molecule has 17 heavy (non-hydrogen) atoms. The molecule has 2 N–H and O–H groups in total. The van der Waals surface area contributed by atoms with Crippen LogP contribution in [0.4, 0.5) is 0 Å². The minimum atomic E-state index is -3.18. The molecule has 3 atom stereocenters. The molecule has 100 valence electrons. The third-order valence-corrected chi connectivity index (χ3v) is 5.80. The smallest absolute Gasteiger partial charge is 0.215 e. The Labute approximate surface area is 104 Å². The zero-order valence-electron chi connectivity index (χ0n) is 10.6. The maximum absolute atomic E-state index is 12.1. The van der Waals surface area contributed by atoms with Crippen LogP contribution >= 0.6 is 0 Å². The quantitative estimate of drug-likeness (QED) is 0.716. The molecule has 2 fully saturated rings. The van der Waals surface area contributed by atoms with Crippen LogP contribution in [0.5, 0.6) is 0 Å². The number of nitrogens with one attached hydrogen (secondary N) is 2. The SMILES string of the molecule is CNCC(C)S(=O)(=O)NC1CCN2CCCC12. The fourth-order valence-corrected chi connectivity index (χ4v) is 4.26. The first kappa shape index (κ1) is 13.3. The Morgan fingerprint density at radius 3 is 2.82 bits per heavy atom. The summed E-state index contributed by atoms with van der Waals surface area (Å²) in [6.45, 7) is 4.42. The van der Waals surface area contributed by atoms with Crippen LogP contribution < -0.4 is 10.0 Å². The number of sulfonamides is 1. The van der Waals surface area contributed by atoms with Gasteiger partial charge in [-0.3, -0.25) is 4.90 Å². The molecule has 0 aliphatic carbocycles. The van der Waals surface area contributed by atoms with Crippen molar-refractivity contribution in [3.63, 3.8) is 0 Å². The second-order valence-corrected chi connectivity index (χ2v) is 7.30. The fourth-order valence-electron chi connectivity index (χ4n) is 2.94. The van der Waals surface area contributed by atoms with Gasteiger partial charge in [0.05, 0.1) is 5.25 Å². The van der Waals surface area contributed by atoms with Crippen molar-refractivity contribution in [1.82, 2.24) is 14.9 Å². The second kappa shape index (κ2) is 5.22. The Hall–Kier alpha value is -0.170. The van der Waals surface area contributed by atoms with E-state index in [4.69, 9.17) is 0 Å². The first-order chi connectivity index (χ1) is 8.04. The van der Waals surface area contributed by atoms with Crippen molar-refractivity contribution in [2.75, 3.05) is 26.7 Å². The molecule has 0 aromatic rings. The van der Waals surface area contributed by atoms with Gasteiger partial charge in [0.25, 0.3) is 0 Å². The molecule has 5 nitrogen and oxygen atoms in total. The molecule has 0 aromatic carbocycles. The van der Waals surface area contributed by atoms with E-state index < -0.39 is 10.0 Å². The summed E-state index contributed by atoms with van der Waals surface area (Å²) in [6.07, 6.45) is 3.29. The van der Waals surface area contributed by atoms with Gasteiger partial charge >= 0.3 is 0 Å². The molecule has 0 aromatic heterocycles. The Morgan fingerprint density at radius 2 is 2.12 bits per heavy atom. The molecule has 2 saturated heterocycles. The van der Waals surface area contributed by atoms with Crippen LogP contribution in [0.1, 0.15) is 26.2 Å². The van der Waals surface area contributed by atoms with Crippen LogP contribution in [-0.2, 0) is 10.0 Å². The Balaban J connectivity index is 1.96. The molecule has 2 aliphatic rings. The van der Waals surface area contributed by atoms with E-state index in [9.17, 15) is 8.42 Å². The van der Waals surface area contributed by atoms with Crippen molar-refractivity contribution in [2.45, 2.75) is 43.5 Å². The van der Waals surface area contributed by atoms with Crippen LogP contribution in [-0.4, -0.2) is 57.3 Å². The summed E-state index contributed by atoms with van der Waals surface area (Å²) < 4.78 is 27.1. The van der Waals surface area contributed by atoms with E-state index >= 15 is 0 Å². The largest absolute Gasteiger partial charge is 0.318 e. The zero-order chi connectivity index (χ0) is 12.5. The van der Waals surface area contributed by atoms with Crippen molar-refractivity contribution < 1.29 is 8.42 Å². The third-order valence-electron chi connectivity index (χ3n) is 3.94. The molecule has 2 aliphatic heterocycles. The van der Waals surface area contributed by atoms with Crippen molar-refractivity contribution in [2.24, 2.45) is 0 Å². The second-order valence-electron chi connectivity index (χ2n) is 5.17. The number of fused-ring (bicyclic) bond motifs is 1. The van der Waals surface area contributed by atoms with Gasteiger partial charge in [-0.2, -0.15) is 0 Å². The van der Waals surface area contributed by atoms with Crippen molar-refractivity contribution in [1.29, 1.82) is 0 Å². The van der Waals surface area contributed by atoms with Gasteiger partial charge < -0.3 is 5.32 Å². The lowest BCUT2D eigenvalue weighted by Gasteiger charge is -2.23. The lowest BCUT2D eigenvalue weighted by molar-refractivity contribution is 0.308. The molecule has 0 saturated carbocycles. The summed E-state index contributed by atoms with van der Waals surface area (Å²) in [6, 6.07) is 0.563. The first-order valence-electron chi connectivity index (χ1n) is 6.44. The van der Waals surface area contributed by atoms with Gasteiger partial charge in [0.2, 0.25) is 10.0 Å². The molecule has 0 radical (unpaired) electrons. The molecule has 0 amide bonds. The summed E-state index contributed by atoms with van der Waals surface area (Å²) in [5, 5.41) is 2.54. The number of hydrogen-bond acceptors (Lipinski definition) is 4. The van der Waals surface area contributed by atoms with Crippen LogP contribution in [0.15, 0.2) is 0 Å². The van der Waals surface area contributed by atoms with Crippen molar-refractivity contribution in [3.05, 3.63) is 0 Å². The Kier molecular flexibility index (Phi) is 4.07. The van der Waals surface area contributed by atoms with Crippen LogP contribution in [0.25, 0.3) is 0 Å². The topological polar surface area (TPSA) is 61.4 Å². The molecule has 0 bridgehead atoms. The minimum Gasteiger partial charge on any atom is -0.318 e. The highest BCUT2D eigenvalue weighted by atomic mass is 32.2. The average molecular weight is 261 g/mol. The van der Waals surface area contributed by atoms with Gasteiger partial charge in [-0.05, 0) is 39.8 Å². The lowest BCUT2D eigenvalue weighted by Crippen LogP contribution is -2.47. The highest BCUT2D eigenvalue weighted by Gasteiger charge is 2.39. The van der Waals surface area contributed by atoms with Crippen molar-refractivity contribution >= 4 is 10.0 Å². The van der Waals surface area contributed by atoms with E-state index in [1.807, 2.05) is 0 Å². The van der Waals surface area contributed by atoms with Gasteiger partial charge in [-0.1, -0.05) is 0 Å². The van der Waals surface area contributed by atoms with Gasteiger partial charge in [-0.25, -0.2) is 13.1 Å². The first-order valence-corrected chi connectivity index (χ1v) is 7.99. The molecular formula is C11H23N3O2S. The normalized spacial score (nSPS) is 31.6. The van der Waals surface area contributed by atoms with Crippen LogP contribution in [0, 0.1) is 0 Å². The molecule has 2 rings (SSSR count). The third kappa shape index (κ3) is 2.81. The van der Waals surface area contributed by atoms with Gasteiger partial charge in [-0.15, -0.1) is 0 Å². The van der Waals surface area contributed by atoms with Crippen molar-refractivity contribution in [3.8, 4) is 0 Å². The van der Waals surface area contributed by atoms with E-state index in [1.165, 1.54) is 6.42 Å². The summed E-state index contributed by atoms with van der Waals surface area (Å²) in [4.78, 5) is 2.41. The Morgan fingerprint density at radius 1 is 1.35 bits per heavy atom. The predicted molar refractivity (Wildman–Crippen MR) is 68.4 cm³/mol. The number of nitrogens with zero attached hydrogens (tertiary/aromatic N) is 1. The van der Waals surface area contributed by atoms with Gasteiger partial charge in [0.15, 0.2) is 0 Å². The number of hydrogen-bond donors (Lipinski definition) is 2. The maximum atomic E-state index is 12.1. The fraction of sp³-hybridized carbons (Fsp3) is 1.00. The van der Waals surface area contributed by atoms with E-state index in [0.717, 1.165) is 25.9 Å². The molecule has 3 unspecified atom stereocenters. The summed E-state index contributed by atoms with van der Waals surface area (Å²) in [5.41, 5.74) is 0. The average Bonchev–Trinajstić information content (AvgIpc) is 2.83. The maximum Gasteiger partial charge on any atom is 0.215 e. The minimum absolute atomic E-state index is 0.127. The summed E-state index contributed by atoms with van der Waals surface area (Å²) >= 11 is 0. The van der Waals surface area contributed by atoms with E-state index in [2.05, 4.69) is 14.9 Å². The number of rotatable bonds is 5. The van der Waals surface area contributed by atoms with E-state index in [0.29, 0.717) is 12.6 Å². The van der Waals surface area contributed by atoms with Crippen LogP contribution in [0.2, 0.25) is 0 Å². The summed E-state index contributed by atoms with van der Waals surface area (Å²) in [7, 11) is -1.41. The predicted octanol–water partition coefficient (Wildman–Crippen LogP) is -0.250. The molecule has 0 spiro atoms. The van der Waals surface area contributed by atoms with E-state index in [1.54, 1.807) is 14.0 Å². The zero-order valence-corrected chi connectivity index (χ0v) is 11.5. The lowest BCUT2D eigenvalue weighted by atomic mass is 10.1. The van der Waals surface area contributed by atoms with Crippen LogP contribution in [0.3, 0.4) is 0 Å². The monoisotopic (exact) mass is 261 g/mol. The summed E-state index contributed by atoms with van der Waals surface area (Å²) in [5.74, 6) is 0. The van der Waals surface area contributed by atoms with Gasteiger partial charge in [0, 0.05) is 25.2 Å². The molecular weight excluding hydrogens is 238 g/mol.